The van der Waals surface area contributed by atoms with Crippen LogP contribution in [0.5, 0.6) is 0 Å². The van der Waals surface area contributed by atoms with Crippen LogP contribution in [0.15, 0.2) is 61.1 Å². The van der Waals surface area contributed by atoms with Gasteiger partial charge in [-0.3, -0.25) is 0 Å². The zero-order valence-electron chi connectivity index (χ0n) is 13.5. The molecule has 0 amide bonds. The second-order valence-corrected chi connectivity index (χ2v) is 5.88. The van der Waals surface area contributed by atoms with Gasteiger partial charge in [0.05, 0.1) is 16.4 Å². The highest BCUT2D eigenvalue weighted by molar-refractivity contribution is 6.01. The third kappa shape index (κ3) is 2.37. The van der Waals surface area contributed by atoms with Crippen molar-refractivity contribution in [3.8, 4) is 11.4 Å². The van der Waals surface area contributed by atoms with Crippen LogP contribution in [0.25, 0.3) is 33.5 Å². The Balaban J connectivity index is 1.65. The van der Waals surface area contributed by atoms with Gasteiger partial charge in [-0.15, -0.1) is 0 Å². The first-order valence-electron chi connectivity index (χ1n) is 8.08. The number of anilines is 2. The van der Waals surface area contributed by atoms with Crippen molar-refractivity contribution in [2.24, 2.45) is 0 Å². The molecule has 7 heteroatoms. The zero-order chi connectivity index (χ0) is 17.5. The van der Waals surface area contributed by atoms with Gasteiger partial charge in [0.25, 0.3) is 0 Å². The second kappa shape index (κ2) is 5.66. The Morgan fingerprint density at radius 2 is 1.81 bits per heavy atom. The fraction of sp³-hybridized carbons (Fsp3) is 0. The fourth-order valence-corrected chi connectivity index (χ4v) is 2.99. The minimum Gasteiger partial charge on any atom is -0.345 e. The molecule has 2 aromatic carbocycles. The van der Waals surface area contributed by atoms with E-state index in [9.17, 15) is 4.39 Å². The molecular weight excluding hydrogens is 331 g/mol. The van der Waals surface area contributed by atoms with Gasteiger partial charge >= 0.3 is 0 Å². The average molecular weight is 344 g/mol. The summed E-state index contributed by atoms with van der Waals surface area (Å²) in [6, 6.07) is 14.0. The SMILES string of the molecule is Fc1ccc(Nc2ncnc3[nH]cc(-c4nc5ccccc5[nH]4)c23)cc1. The van der Waals surface area contributed by atoms with Crippen molar-refractivity contribution in [1.29, 1.82) is 0 Å². The molecule has 3 aromatic heterocycles. The topological polar surface area (TPSA) is 82.3 Å². The number of imidazole rings is 1. The van der Waals surface area contributed by atoms with E-state index in [1.807, 2.05) is 30.5 Å². The summed E-state index contributed by atoms with van der Waals surface area (Å²) in [5, 5.41) is 4.04. The van der Waals surface area contributed by atoms with Crippen LogP contribution in [0.3, 0.4) is 0 Å². The number of benzene rings is 2. The molecule has 0 unspecified atom stereocenters. The van der Waals surface area contributed by atoms with E-state index >= 15 is 0 Å². The molecular formula is C19H13FN6. The van der Waals surface area contributed by atoms with Gasteiger partial charge in [0.2, 0.25) is 0 Å². The number of para-hydroxylation sites is 2. The van der Waals surface area contributed by atoms with Crippen LogP contribution in [-0.4, -0.2) is 24.9 Å². The summed E-state index contributed by atoms with van der Waals surface area (Å²) in [5.74, 6) is 1.07. The molecule has 0 saturated carbocycles. The second-order valence-electron chi connectivity index (χ2n) is 5.88. The van der Waals surface area contributed by atoms with E-state index in [0.29, 0.717) is 11.5 Å². The van der Waals surface area contributed by atoms with Gasteiger partial charge in [-0.2, -0.15) is 0 Å². The molecule has 0 radical (unpaired) electrons. The van der Waals surface area contributed by atoms with Crippen LogP contribution in [-0.2, 0) is 0 Å². The first-order chi connectivity index (χ1) is 12.8. The minimum atomic E-state index is -0.284. The van der Waals surface area contributed by atoms with Crippen molar-refractivity contribution in [2.45, 2.75) is 0 Å². The Labute approximate surface area is 147 Å². The largest absolute Gasteiger partial charge is 0.345 e. The number of H-pyrrole nitrogens is 2. The van der Waals surface area contributed by atoms with Gasteiger partial charge in [-0.25, -0.2) is 19.3 Å². The monoisotopic (exact) mass is 344 g/mol. The van der Waals surface area contributed by atoms with Crippen LogP contribution in [0, 0.1) is 5.82 Å². The Morgan fingerprint density at radius 3 is 2.65 bits per heavy atom. The highest BCUT2D eigenvalue weighted by Gasteiger charge is 2.15. The summed E-state index contributed by atoms with van der Waals surface area (Å²) in [5.41, 5.74) is 4.15. The van der Waals surface area contributed by atoms with Gasteiger partial charge in [0, 0.05) is 17.4 Å². The normalized spacial score (nSPS) is 11.3. The maximum atomic E-state index is 13.1. The molecule has 0 atom stereocenters. The number of fused-ring (bicyclic) bond motifs is 2. The quantitative estimate of drug-likeness (QED) is 0.453. The van der Waals surface area contributed by atoms with Crippen molar-refractivity contribution >= 4 is 33.6 Å². The Hall–Kier alpha value is -3.74. The third-order valence-electron chi connectivity index (χ3n) is 4.22. The van der Waals surface area contributed by atoms with E-state index in [4.69, 9.17) is 0 Å². The van der Waals surface area contributed by atoms with Crippen LogP contribution in [0.2, 0.25) is 0 Å². The predicted molar refractivity (Wildman–Crippen MR) is 98.7 cm³/mol. The highest BCUT2D eigenvalue weighted by atomic mass is 19.1. The molecule has 0 saturated heterocycles. The van der Waals surface area contributed by atoms with Gasteiger partial charge in [-0.05, 0) is 36.4 Å². The molecule has 0 aliphatic carbocycles. The number of rotatable bonds is 3. The third-order valence-corrected chi connectivity index (χ3v) is 4.22. The van der Waals surface area contributed by atoms with Crippen LogP contribution in [0.1, 0.15) is 0 Å². The summed E-state index contributed by atoms with van der Waals surface area (Å²) < 4.78 is 13.1. The lowest BCUT2D eigenvalue weighted by Crippen LogP contribution is -1.96. The number of halogens is 1. The summed E-state index contributed by atoms with van der Waals surface area (Å²) >= 11 is 0. The molecule has 0 aliphatic rings. The van der Waals surface area contributed by atoms with Crippen molar-refractivity contribution in [3.05, 3.63) is 66.9 Å². The fourth-order valence-electron chi connectivity index (χ4n) is 2.99. The molecule has 3 N–H and O–H groups in total. The molecule has 0 fully saturated rings. The van der Waals surface area contributed by atoms with Gasteiger partial charge in [-0.1, -0.05) is 12.1 Å². The number of nitrogens with zero attached hydrogens (tertiary/aromatic N) is 3. The molecule has 126 valence electrons. The number of nitrogens with one attached hydrogen (secondary N) is 3. The van der Waals surface area contributed by atoms with Crippen LogP contribution in [0.4, 0.5) is 15.9 Å². The number of hydrogen-bond acceptors (Lipinski definition) is 4. The molecule has 3 heterocycles. The lowest BCUT2D eigenvalue weighted by atomic mass is 10.2. The van der Waals surface area contributed by atoms with Crippen molar-refractivity contribution in [1.82, 2.24) is 24.9 Å². The lowest BCUT2D eigenvalue weighted by Gasteiger charge is -2.07. The van der Waals surface area contributed by atoms with Gasteiger partial charge < -0.3 is 15.3 Å². The van der Waals surface area contributed by atoms with Crippen LogP contribution < -0.4 is 5.32 Å². The van der Waals surface area contributed by atoms with Crippen molar-refractivity contribution < 1.29 is 4.39 Å². The summed E-state index contributed by atoms with van der Waals surface area (Å²) in [7, 11) is 0. The van der Waals surface area contributed by atoms with Gasteiger partial charge in [0.1, 0.15) is 29.4 Å². The highest BCUT2D eigenvalue weighted by Crippen LogP contribution is 2.32. The molecule has 5 rings (SSSR count). The lowest BCUT2D eigenvalue weighted by molar-refractivity contribution is 0.628. The van der Waals surface area contributed by atoms with E-state index in [0.717, 1.165) is 33.5 Å². The predicted octanol–water partition coefficient (Wildman–Crippen LogP) is 4.38. The number of hydrogen-bond donors (Lipinski definition) is 3. The summed E-state index contributed by atoms with van der Waals surface area (Å²) in [4.78, 5) is 19.8. The minimum absolute atomic E-state index is 0.284. The van der Waals surface area contributed by atoms with E-state index < -0.39 is 0 Å². The molecule has 6 nitrogen and oxygen atoms in total. The molecule has 0 bridgehead atoms. The number of aromatic nitrogens is 5. The standard InChI is InChI=1S/C19H13FN6/c20-11-5-7-12(8-6-11)24-19-16-13(9-21-18(16)22-10-23-19)17-25-14-3-1-2-4-15(14)26-17/h1-10H,(H,25,26)(H2,21,22,23,24). The zero-order valence-corrected chi connectivity index (χ0v) is 13.5. The first kappa shape index (κ1) is 14.6. The van der Waals surface area contributed by atoms with Gasteiger partial charge in [0.15, 0.2) is 0 Å². The number of aromatic amines is 2. The van der Waals surface area contributed by atoms with E-state index in [1.54, 1.807) is 12.1 Å². The van der Waals surface area contributed by atoms with Crippen LogP contribution >= 0.6 is 0 Å². The van der Waals surface area contributed by atoms with E-state index in [-0.39, 0.29) is 5.82 Å². The first-order valence-corrected chi connectivity index (χ1v) is 8.08. The Morgan fingerprint density at radius 1 is 0.962 bits per heavy atom. The van der Waals surface area contributed by atoms with Crippen molar-refractivity contribution in [3.63, 3.8) is 0 Å². The van der Waals surface area contributed by atoms with E-state index in [2.05, 4.69) is 30.2 Å². The molecule has 0 aliphatic heterocycles. The summed E-state index contributed by atoms with van der Waals surface area (Å²) in [6.07, 6.45) is 3.33. The smallest absolute Gasteiger partial charge is 0.144 e. The maximum Gasteiger partial charge on any atom is 0.144 e. The van der Waals surface area contributed by atoms with E-state index in [1.165, 1.54) is 18.5 Å². The summed E-state index contributed by atoms with van der Waals surface area (Å²) in [6.45, 7) is 0. The Kier molecular flexibility index (Phi) is 3.18. The molecule has 26 heavy (non-hydrogen) atoms. The Bertz CT molecular complexity index is 1190. The average Bonchev–Trinajstić information content (AvgIpc) is 3.27. The molecule has 5 aromatic rings. The van der Waals surface area contributed by atoms with Crippen molar-refractivity contribution in [2.75, 3.05) is 5.32 Å². The maximum absolute atomic E-state index is 13.1. The molecule has 0 spiro atoms.